The van der Waals surface area contributed by atoms with Gasteiger partial charge in [-0.15, -0.1) is 0 Å². The van der Waals surface area contributed by atoms with Crippen LogP contribution in [0, 0.1) is 0 Å². The quantitative estimate of drug-likeness (QED) is 0.714. The maximum Gasteiger partial charge on any atom is 0.325 e. The second-order valence-electron chi connectivity index (χ2n) is 6.04. The molecule has 7 nitrogen and oxygen atoms in total. The van der Waals surface area contributed by atoms with Crippen LogP contribution in [0.3, 0.4) is 0 Å². The Morgan fingerprint density at radius 3 is 2.44 bits per heavy atom. The fourth-order valence-electron chi connectivity index (χ4n) is 2.67. The number of hydrogen-bond donors (Lipinski definition) is 0. The van der Waals surface area contributed by atoms with E-state index in [2.05, 4.69) is 0 Å². The lowest BCUT2D eigenvalue weighted by Crippen LogP contribution is -2.44. The summed E-state index contributed by atoms with van der Waals surface area (Å²) in [5.74, 6) is -1.07. The largest absolute Gasteiger partial charge is 0.451 e. The molecule has 0 radical (unpaired) electrons. The van der Waals surface area contributed by atoms with Crippen molar-refractivity contribution in [2.75, 3.05) is 20.6 Å². The second-order valence-corrected chi connectivity index (χ2v) is 8.37. The number of rotatable bonds is 5. The zero-order chi connectivity index (χ0) is 18.8. The van der Waals surface area contributed by atoms with Crippen molar-refractivity contribution in [1.29, 1.82) is 0 Å². The number of halogens is 1. The first-order chi connectivity index (χ1) is 11.6. The number of likely N-dealkylation sites (N-methyl/N-ethyl adjacent to an activating group) is 1. The van der Waals surface area contributed by atoms with E-state index in [1.807, 2.05) is 0 Å². The smallest absolute Gasteiger partial charge is 0.325 e. The molecule has 1 saturated heterocycles. The standard InChI is InChI=1S/C16H21ClN2O5S/c1-11(15(20)18(2)3)24-16(21)14-5-4-10-19(14)25(22,23)13-8-6-12(17)7-9-13/h6-9,11,14H,4-5,10H2,1-3H3/t11-,14-/m0/s1. The van der Waals surface area contributed by atoms with Crippen molar-refractivity contribution in [1.82, 2.24) is 9.21 Å². The van der Waals surface area contributed by atoms with E-state index in [4.69, 9.17) is 16.3 Å². The molecule has 1 fully saturated rings. The molecule has 25 heavy (non-hydrogen) atoms. The van der Waals surface area contributed by atoms with E-state index in [-0.39, 0.29) is 17.3 Å². The molecule has 1 aliphatic rings. The zero-order valence-electron chi connectivity index (χ0n) is 14.3. The van der Waals surface area contributed by atoms with Crippen molar-refractivity contribution in [2.24, 2.45) is 0 Å². The predicted octanol–water partition coefficient (Wildman–Crippen LogP) is 1.51. The van der Waals surface area contributed by atoms with Gasteiger partial charge in [-0.1, -0.05) is 11.6 Å². The van der Waals surface area contributed by atoms with Crippen molar-refractivity contribution in [3.8, 4) is 0 Å². The molecule has 1 aromatic carbocycles. The van der Waals surface area contributed by atoms with Gasteiger partial charge in [0.05, 0.1) is 4.90 Å². The topological polar surface area (TPSA) is 84.0 Å². The van der Waals surface area contributed by atoms with E-state index in [1.165, 1.54) is 36.1 Å². The first-order valence-corrected chi connectivity index (χ1v) is 9.65. The van der Waals surface area contributed by atoms with Crippen molar-refractivity contribution < 1.29 is 22.7 Å². The Labute approximate surface area is 152 Å². The highest BCUT2D eigenvalue weighted by Gasteiger charge is 2.41. The molecule has 0 aromatic heterocycles. The average molecular weight is 389 g/mol. The molecule has 0 bridgehead atoms. The number of esters is 1. The van der Waals surface area contributed by atoms with Gasteiger partial charge in [-0.3, -0.25) is 9.59 Å². The fraction of sp³-hybridized carbons (Fsp3) is 0.500. The van der Waals surface area contributed by atoms with E-state index in [9.17, 15) is 18.0 Å². The molecule has 1 amide bonds. The minimum absolute atomic E-state index is 0.0639. The van der Waals surface area contributed by atoms with Crippen molar-refractivity contribution >= 4 is 33.5 Å². The summed E-state index contributed by atoms with van der Waals surface area (Å²) in [6.45, 7) is 1.69. The Balaban J connectivity index is 2.17. The summed E-state index contributed by atoms with van der Waals surface area (Å²) in [7, 11) is -0.733. The summed E-state index contributed by atoms with van der Waals surface area (Å²) >= 11 is 5.79. The van der Waals surface area contributed by atoms with E-state index in [0.29, 0.717) is 17.9 Å². The van der Waals surface area contributed by atoms with Crippen LogP contribution in [-0.2, 0) is 24.3 Å². The number of benzene rings is 1. The van der Waals surface area contributed by atoms with E-state index >= 15 is 0 Å². The maximum absolute atomic E-state index is 12.8. The third kappa shape index (κ3) is 4.31. The number of carbonyl (C=O) groups excluding carboxylic acids is 2. The molecule has 138 valence electrons. The highest BCUT2D eigenvalue weighted by atomic mass is 35.5. The third-order valence-corrected chi connectivity index (χ3v) is 6.15. The van der Waals surface area contributed by atoms with Gasteiger partial charge >= 0.3 is 5.97 Å². The lowest BCUT2D eigenvalue weighted by Gasteiger charge is -2.24. The second kappa shape index (κ2) is 7.72. The number of ether oxygens (including phenoxy) is 1. The van der Waals surface area contributed by atoms with Gasteiger partial charge in [0.25, 0.3) is 5.91 Å². The van der Waals surface area contributed by atoms with Crippen molar-refractivity contribution in [3.05, 3.63) is 29.3 Å². The monoisotopic (exact) mass is 388 g/mol. The summed E-state index contributed by atoms with van der Waals surface area (Å²) in [6, 6.07) is 4.83. The minimum atomic E-state index is -3.84. The SMILES string of the molecule is C[C@H](OC(=O)[C@@H]1CCCN1S(=O)(=O)c1ccc(Cl)cc1)C(=O)N(C)C. The molecule has 0 saturated carbocycles. The molecule has 0 N–H and O–H groups in total. The lowest BCUT2D eigenvalue weighted by molar-refractivity contribution is -0.160. The van der Waals surface area contributed by atoms with Crippen molar-refractivity contribution in [3.63, 3.8) is 0 Å². The highest BCUT2D eigenvalue weighted by molar-refractivity contribution is 7.89. The van der Waals surface area contributed by atoms with Gasteiger partial charge in [0.15, 0.2) is 6.10 Å². The summed E-state index contributed by atoms with van der Waals surface area (Å²) in [5.41, 5.74) is 0. The average Bonchev–Trinajstić information content (AvgIpc) is 3.04. The molecular formula is C16H21ClN2O5S. The van der Waals surface area contributed by atoms with E-state index < -0.39 is 28.1 Å². The van der Waals surface area contributed by atoms with Crippen LogP contribution < -0.4 is 0 Å². The highest BCUT2D eigenvalue weighted by Crippen LogP contribution is 2.27. The van der Waals surface area contributed by atoms with Crippen LogP contribution in [0.25, 0.3) is 0 Å². The normalized spacial score (nSPS) is 19.4. The molecule has 0 unspecified atom stereocenters. The van der Waals surface area contributed by atoms with Gasteiger partial charge in [-0.25, -0.2) is 8.42 Å². The fourth-order valence-corrected chi connectivity index (χ4v) is 4.44. The number of amides is 1. The van der Waals surface area contributed by atoms with Gasteiger partial charge in [-0.2, -0.15) is 4.31 Å². The molecule has 1 aliphatic heterocycles. The van der Waals surface area contributed by atoms with Gasteiger partial charge < -0.3 is 9.64 Å². The molecule has 9 heteroatoms. The van der Waals surface area contributed by atoms with Gasteiger partial charge in [0.1, 0.15) is 6.04 Å². The number of nitrogens with zero attached hydrogens (tertiary/aromatic N) is 2. The summed E-state index contributed by atoms with van der Waals surface area (Å²) in [6.07, 6.45) is -0.0693. The molecule has 1 heterocycles. The Bertz CT molecular complexity index is 748. The van der Waals surface area contributed by atoms with E-state index in [1.54, 1.807) is 14.1 Å². The molecule has 2 rings (SSSR count). The molecule has 2 atom stereocenters. The van der Waals surface area contributed by atoms with Gasteiger partial charge in [0.2, 0.25) is 10.0 Å². The Kier molecular flexibility index (Phi) is 6.08. The predicted molar refractivity (Wildman–Crippen MR) is 92.6 cm³/mol. The molecule has 0 spiro atoms. The van der Waals surface area contributed by atoms with Gasteiger partial charge in [0, 0.05) is 25.7 Å². The first-order valence-electron chi connectivity index (χ1n) is 7.83. The number of carbonyl (C=O) groups is 2. The van der Waals surface area contributed by atoms with Crippen LogP contribution in [-0.4, -0.2) is 62.3 Å². The van der Waals surface area contributed by atoms with Gasteiger partial charge in [-0.05, 0) is 44.0 Å². The molecule has 1 aromatic rings. The van der Waals surface area contributed by atoms with Crippen LogP contribution in [0.4, 0.5) is 0 Å². The zero-order valence-corrected chi connectivity index (χ0v) is 15.9. The van der Waals surface area contributed by atoms with Crippen LogP contribution >= 0.6 is 11.6 Å². The summed E-state index contributed by atoms with van der Waals surface area (Å²) in [5, 5.41) is 0.423. The van der Waals surface area contributed by atoms with E-state index in [0.717, 1.165) is 4.31 Å². The summed E-state index contributed by atoms with van der Waals surface area (Å²) in [4.78, 5) is 25.6. The molecular weight excluding hydrogens is 368 g/mol. The van der Waals surface area contributed by atoms with Crippen LogP contribution in [0.5, 0.6) is 0 Å². The Hall–Kier alpha value is -1.64. The van der Waals surface area contributed by atoms with Crippen molar-refractivity contribution in [2.45, 2.75) is 36.8 Å². The number of sulfonamides is 1. The lowest BCUT2D eigenvalue weighted by atomic mass is 10.2. The first kappa shape index (κ1) is 19.7. The summed E-state index contributed by atoms with van der Waals surface area (Å²) < 4.78 is 31.9. The minimum Gasteiger partial charge on any atom is -0.451 e. The van der Waals surface area contributed by atoms with Crippen LogP contribution in [0.15, 0.2) is 29.2 Å². The molecule has 0 aliphatic carbocycles. The Morgan fingerprint density at radius 1 is 1.28 bits per heavy atom. The maximum atomic E-state index is 12.8. The van der Waals surface area contributed by atoms with Crippen LogP contribution in [0.1, 0.15) is 19.8 Å². The third-order valence-electron chi connectivity index (χ3n) is 3.98. The Morgan fingerprint density at radius 2 is 1.88 bits per heavy atom. The van der Waals surface area contributed by atoms with Crippen LogP contribution in [0.2, 0.25) is 5.02 Å². The number of hydrogen-bond acceptors (Lipinski definition) is 5.